The van der Waals surface area contributed by atoms with Crippen LogP contribution in [0.2, 0.25) is 0 Å². The number of nitrogens with zero attached hydrogens (tertiary/aromatic N) is 2. The van der Waals surface area contributed by atoms with Crippen LogP contribution in [-0.4, -0.2) is 15.2 Å². The molecule has 0 amide bonds. The van der Waals surface area contributed by atoms with Crippen molar-refractivity contribution >= 4 is 22.1 Å². The van der Waals surface area contributed by atoms with Crippen LogP contribution < -0.4 is 0 Å². The first kappa shape index (κ1) is 8.44. The van der Waals surface area contributed by atoms with Crippen molar-refractivity contribution in [3.8, 4) is 0 Å². The van der Waals surface area contributed by atoms with Crippen LogP contribution in [-0.2, 0) is 0 Å². The number of aromatic nitrogens is 2. The summed E-state index contributed by atoms with van der Waals surface area (Å²) in [5, 5.41) is 1.87. The molecule has 4 heteroatoms. The highest BCUT2D eigenvalue weighted by Gasteiger charge is 2.15. The molecule has 2 aromatic heterocycles. The SMILES string of the molecule is CC(C)C(=O)c1csc2nccn12. The first-order chi connectivity index (χ1) is 6.20. The van der Waals surface area contributed by atoms with Crippen molar-refractivity contribution in [2.24, 2.45) is 5.92 Å². The van der Waals surface area contributed by atoms with Crippen molar-refractivity contribution in [1.29, 1.82) is 0 Å². The molecule has 0 spiro atoms. The molecule has 2 aromatic rings. The van der Waals surface area contributed by atoms with Crippen LogP contribution in [0.4, 0.5) is 0 Å². The van der Waals surface area contributed by atoms with E-state index in [-0.39, 0.29) is 11.7 Å². The molecule has 68 valence electrons. The number of fused-ring (bicyclic) bond motifs is 1. The Morgan fingerprint density at radius 2 is 2.38 bits per heavy atom. The van der Waals surface area contributed by atoms with E-state index in [1.807, 2.05) is 29.8 Å². The maximum Gasteiger partial charge on any atom is 0.194 e. The van der Waals surface area contributed by atoms with Crippen LogP contribution in [0.1, 0.15) is 24.3 Å². The Kier molecular flexibility index (Phi) is 1.92. The third-order valence-electron chi connectivity index (χ3n) is 1.92. The second-order valence-corrected chi connectivity index (χ2v) is 4.06. The average molecular weight is 194 g/mol. The predicted molar refractivity (Wildman–Crippen MR) is 52.2 cm³/mol. The fraction of sp³-hybridized carbons (Fsp3) is 0.333. The first-order valence-electron chi connectivity index (χ1n) is 4.15. The summed E-state index contributed by atoms with van der Waals surface area (Å²) in [6.07, 6.45) is 3.53. The number of hydrogen-bond donors (Lipinski definition) is 0. The Hall–Kier alpha value is -1.16. The number of carbonyl (C=O) groups is 1. The van der Waals surface area contributed by atoms with E-state index in [0.29, 0.717) is 0 Å². The van der Waals surface area contributed by atoms with E-state index < -0.39 is 0 Å². The van der Waals surface area contributed by atoms with Gasteiger partial charge in [0.2, 0.25) is 0 Å². The van der Waals surface area contributed by atoms with Gasteiger partial charge in [-0.25, -0.2) is 4.98 Å². The average Bonchev–Trinajstić information content (AvgIpc) is 2.61. The quantitative estimate of drug-likeness (QED) is 0.687. The van der Waals surface area contributed by atoms with Gasteiger partial charge in [-0.2, -0.15) is 0 Å². The zero-order valence-electron chi connectivity index (χ0n) is 7.52. The zero-order chi connectivity index (χ0) is 9.42. The molecule has 0 saturated carbocycles. The summed E-state index contributed by atoms with van der Waals surface area (Å²) in [4.78, 5) is 16.7. The maximum atomic E-state index is 11.7. The molecule has 0 saturated heterocycles. The van der Waals surface area contributed by atoms with Gasteiger partial charge in [0.15, 0.2) is 10.7 Å². The molecule has 0 fully saturated rings. The largest absolute Gasteiger partial charge is 0.292 e. The molecule has 0 bridgehead atoms. The summed E-state index contributed by atoms with van der Waals surface area (Å²) in [5.74, 6) is 0.212. The van der Waals surface area contributed by atoms with Crippen molar-refractivity contribution in [1.82, 2.24) is 9.38 Å². The Morgan fingerprint density at radius 1 is 1.62 bits per heavy atom. The number of Topliss-reactive ketones (excluding diaryl/α,β-unsaturated/α-hetero) is 1. The van der Waals surface area contributed by atoms with Crippen LogP contribution >= 0.6 is 11.3 Å². The zero-order valence-corrected chi connectivity index (χ0v) is 8.34. The summed E-state index contributed by atoms with van der Waals surface area (Å²) in [6, 6.07) is 0. The third kappa shape index (κ3) is 1.27. The third-order valence-corrected chi connectivity index (χ3v) is 2.77. The highest BCUT2D eigenvalue weighted by molar-refractivity contribution is 7.15. The monoisotopic (exact) mass is 194 g/mol. The van der Waals surface area contributed by atoms with Crippen molar-refractivity contribution in [3.63, 3.8) is 0 Å². The molecular weight excluding hydrogens is 184 g/mol. The number of hydrogen-bond acceptors (Lipinski definition) is 3. The van der Waals surface area contributed by atoms with Crippen LogP contribution in [0, 0.1) is 5.92 Å². The Labute approximate surface area is 80.0 Å². The van der Waals surface area contributed by atoms with Crippen molar-refractivity contribution < 1.29 is 4.79 Å². The summed E-state index contributed by atoms with van der Waals surface area (Å²) in [5.41, 5.74) is 0.743. The molecule has 0 unspecified atom stereocenters. The van der Waals surface area contributed by atoms with Gasteiger partial charge in [-0.1, -0.05) is 13.8 Å². The first-order valence-corrected chi connectivity index (χ1v) is 5.03. The lowest BCUT2D eigenvalue weighted by molar-refractivity contribution is 0.0933. The topological polar surface area (TPSA) is 34.4 Å². The highest BCUT2D eigenvalue weighted by Crippen LogP contribution is 2.17. The minimum absolute atomic E-state index is 0.0419. The molecule has 0 aliphatic heterocycles. The summed E-state index contributed by atoms with van der Waals surface area (Å²) >= 11 is 1.50. The van der Waals surface area contributed by atoms with Crippen LogP contribution in [0.15, 0.2) is 17.8 Å². The van der Waals surface area contributed by atoms with Gasteiger partial charge in [0.25, 0.3) is 0 Å². The Bertz CT molecular complexity index is 441. The fourth-order valence-corrected chi connectivity index (χ4v) is 2.04. The number of rotatable bonds is 2. The number of carbonyl (C=O) groups excluding carboxylic acids is 1. The van der Waals surface area contributed by atoms with E-state index in [1.165, 1.54) is 11.3 Å². The molecule has 0 aromatic carbocycles. The number of imidazole rings is 1. The summed E-state index contributed by atoms with van der Waals surface area (Å²) in [6.45, 7) is 3.81. The van der Waals surface area contributed by atoms with Crippen molar-refractivity contribution in [2.45, 2.75) is 13.8 Å². The van der Waals surface area contributed by atoms with Crippen LogP contribution in [0.5, 0.6) is 0 Å². The van der Waals surface area contributed by atoms with Crippen LogP contribution in [0.25, 0.3) is 4.96 Å². The normalized spacial score (nSPS) is 11.3. The predicted octanol–water partition coefficient (Wildman–Crippen LogP) is 2.23. The molecule has 0 aliphatic rings. The van der Waals surface area contributed by atoms with Crippen molar-refractivity contribution in [3.05, 3.63) is 23.5 Å². The van der Waals surface area contributed by atoms with Gasteiger partial charge in [0.05, 0.1) is 0 Å². The molecule has 13 heavy (non-hydrogen) atoms. The van der Waals surface area contributed by atoms with Gasteiger partial charge in [0.1, 0.15) is 5.69 Å². The Morgan fingerprint density at radius 3 is 3.08 bits per heavy atom. The minimum atomic E-state index is 0.0419. The van der Waals surface area contributed by atoms with Gasteiger partial charge in [-0.05, 0) is 0 Å². The van der Waals surface area contributed by atoms with Gasteiger partial charge in [-0.3, -0.25) is 9.20 Å². The van der Waals surface area contributed by atoms with E-state index in [9.17, 15) is 4.79 Å². The van der Waals surface area contributed by atoms with Crippen LogP contribution in [0.3, 0.4) is 0 Å². The molecular formula is C9H10N2OS. The summed E-state index contributed by atoms with van der Waals surface area (Å²) in [7, 11) is 0. The molecule has 0 aliphatic carbocycles. The summed E-state index contributed by atoms with van der Waals surface area (Å²) < 4.78 is 1.84. The molecule has 2 heterocycles. The molecule has 0 atom stereocenters. The van der Waals surface area contributed by atoms with E-state index in [0.717, 1.165) is 10.7 Å². The lowest BCUT2D eigenvalue weighted by Crippen LogP contribution is -2.09. The fourth-order valence-electron chi connectivity index (χ4n) is 1.20. The van der Waals surface area contributed by atoms with E-state index >= 15 is 0 Å². The van der Waals surface area contributed by atoms with Gasteiger partial charge in [-0.15, -0.1) is 11.3 Å². The minimum Gasteiger partial charge on any atom is -0.292 e. The number of thiazole rings is 1. The number of ketones is 1. The molecule has 2 rings (SSSR count). The molecule has 3 nitrogen and oxygen atoms in total. The molecule has 0 radical (unpaired) electrons. The second-order valence-electron chi connectivity index (χ2n) is 3.22. The smallest absolute Gasteiger partial charge is 0.194 e. The Balaban J connectivity index is 2.54. The highest BCUT2D eigenvalue weighted by atomic mass is 32.1. The van der Waals surface area contributed by atoms with Crippen molar-refractivity contribution in [2.75, 3.05) is 0 Å². The lowest BCUT2D eigenvalue weighted by atomic mass is 10.1. The lowest BCUT2D eigenvalue weighted by Gasteiger charge is -2.01. The van der Waals surface area contributed by atoms with Gasteiger partial charge < -0.3 is 0 Å². The second kappa shape index (κ2) is 2.96. The van der Waals surface area contributed by atoms with Gasteiger partial charge in [0, 0.05) is 23.7 Å². The molecule has 0 N–H and O–H groups in total. The van der Waals surface area contributed by atoms with E-state index in [2.05, 4.69) is 4.98 Å². The maximum absolute atomic E-state index is 11.7. The van der Waals surface area contributed by atoms with E-state index in [4.69, 9.17) is 0 Å². The standard InChI is InChI=1S/C9H10N2OS/c1-6(2)8(12)7-5-13-9-10-3-4-11(7)9/h3-6H,1-2H3. The van der Waals surface area contributed by atoms with E-state index in [1.54, 1.807) is 6.20 Å². The van der Waals surface area contributed by atoms with Gasteiger partial charge >= 0.3 is 0 Å².